The predicted molar refractivity (Wildman–Crippen MR) is 362 cm³/mol. The van der Waals surface area contributed by atoms with Gasteiger partial charge in [-0.3, -0.25) is 45.6 Å². The first-order valence-electron chi connectivity index (χ1n) is 29.0. The zero-order valence-electron chi connectivity index (χ0n) is 53.7. The Morgan fingerprint density at radius 1 is 0.242 bits per heavy atom. The van der Waals surface area contributed by atoms with E-state index in [4.69, 9.17) is 17.2 Å². The van der Waals surface area contributed by atoms with Crippen LogP contribution in [0.4, 0.5) is 0 Å². The van der Waals surface area contributed by atoms with Crippen LogP contribution in [0, 0.1) is 0 Å². The maximum Gasteiger partial charge on any atom is 3.00 e. The quantitative estimate of drug-likeness (QED) is 0.0855. The van der Waals surface area contributed by atoms with Crippen LogP contribution in [0.3, 0.4) is 0 Å². The normalized spacial score (nSPS) is 10.3. The van der Waals surface area contributed by atoms with Gasteiger partial charge >= 0.3 is 50.6 Å². The molecular weight excluding hydrogens is 1210 g/mol. The van der Waals surface area contributed by atoms with E-state index in [0.29, 0.717) is 33.4 Å². The summed E-state index contributed by atoms with van der Waals surface area (Å²) in [5.74, 6) is 1.60. The van der Waals surface area contributed by atoms with Gasteiger partial charge in [0.2, 0.25) is 0 Å². The van der Waals surface area contributed by atoms with Crippen molar-refractivity contribution in [3.8, 4) is 67.9 Å². The first-order chi connectivity index (χ1) is 42.9. The molecule has 12 aromatic carbocycles. The number of nitrogens with zero attached hydrogens (tertiary/aromatic N) is 6. The van der Waals surface area contributed by atoms with Crippen molar-refractivity contribution in [2.75, 3.05) is 84.6 Å². The SMILES string of the molecule is CN(C)C(N)=[N+](C)C.CN(C)C(N)=[N+](C)C.CN(C)C(N)=[N+](C)C.[O-]c1ccc2ccccc2c1-c1c([O-])ccc2ccccc12.[O-]c1ccc2ccccc2c1-c1c([O-])ccc2ccccc12.[O-]c1ccc2ccccc2c1-c1c([O-])ccc2ccccc12.[Y+3]. The minimum Gasteiger partial charge on any atom is -0.872 e. The van der Waals surface area contributed by atoms with Gasteiger partial charge < -0.3 is 30.6 Å². The molecule has 91 heavy (non-hydrogen) atoms. The Kier molecular flexibility index (Phi) is 24.5. The predicted octanol–water partition coefficient (Wildman–Crippen LogP) is 8.82. The van der Waals surface area contributed by atoms with Gasteiger partial charge in [0.1, 0.15) is 0 Å². The summed E-state index contributed by atoms with van der Waals surface area (Å²) in [6, 6.07) is 66.1. The van der Waals surface area contributed by atoms with E-state index in [1.54, 1.807) is 72.8 Å². The minimum absolute atomic E-state index is 0. The summed E-state index contributed by atoms with van der Waals surface area (Å²) >= 11 is 0. The Labute approximate surface area is 558 Å². The standard InChI is InChI=1S/3C20H14O2.3C5H13N3.Y/c3*21-17-11-9-13-5-1-3-7-15(13)19(17)20-16-8-4-2-6-14(16)10-12-18(20)22;3*1-7(2)5(6)8(3)4;/h3*1-12,21-22H;3*6H,1-4H3;/q;;;;;;+3/p-3. The molecule has 0 amide bonds. The summed E-state index contributed by atoms with van der Waals surface area (Å²) in [6.45, 7) is 0. The molecule has 0 aliphatic rings. The molecule has 0 radical (unpaired) electrons. The number of nitrogens with two attached hydrogens (primary N) is 3. The van der Waals surface area contributed by atoms with Crippen molar-refractivity contribution in [1.29, 1.82) is 0 Å². The Bertz CT molecular complexity index is 3900. The molecule has 0 saturated heterocycles. The number of guanidine groups is 3. The molecule has 15 nitrogen and oxygen atoms in total. The van der Waals surface area contributed by atoms with E-state index < -0.39 is 0 Å². The van der Waals surface area contributed by atoms with E-state index in [1.165, 1.54) is 0 Å². The Balaban J connectivity index is 0.000000184. The monoisotopic (exact) mass is 1290 g/mol. The molecule has 0 atom stereocenters. The zero-order valence-corrected chi connectivity index (χ0v) is 56.6. The van der Waals surface area contributed by atoms with E-state index in [0.717, 1.165) is 82.5 Å². The Hall–Kier alpha value is -10.1. The van der Waals surface area contributed by atoms with Gasteiger partial charge in [-0.05, 0) is 98.0 Å². The van der Waals surface area contributed by atoms with Gasteiger partial charge in [0.25, 0.3) is 0 Å². The second-order valence-corrected chi connectivity index (χ2v) is 22.4. The molecule has 462 valence electrons. The second kappa shape index (κ2) is 31.9. The third-order valence-corrected chi connectivity index (χ3v) is 14.8. The first-order valence-corrected chi connectivity index (χ1v) is 29.0. The summed E-state index contributed by atoms with van der Waals surface area (Å²) in [5.41, 5.74) is 19.6. The maximum absolute atomic E-state index is 12.5. The molecule has 0 unspecified atom stereocenters. The summed E-state index contributed by atoms with van der Waals surface area (Å²) < 4.78 is 5.58. The summed E-state index contributed by atoms with van der Waals surface area (Å²) in [6.07, 6.45) is 0. The summed E-state index contributed by atoms with van der Waals surface area (Å²) in [7, 11) is 22.9. The third-order valence-electron chi connectivity index (χ3n) is 14.8. The smallest absolute Gasteiger partial charge is 0.872 e. The van der Waals surface area contributed by atoms with Crippen LogP contribution in [0.1, 0.15) is 0 Å². The van der Waals surface area contributed by atoms with Crippen molar-refractivity contribution < 1.29 is 77.1 Å². The van der Waals surface area contributed by atoms with Crippen LogP contribution in [0.25, 0.3) is 98.0 Å². The van der Waals surface area contributed by atoms with E-state index in [-0.39, 0.29) is 67.2 Å². The van der Waals surface area contributed by atoms with Gasteiger partial charge in [-0.1, -0.05) is 218 Å². The molecule has 0 aliphatic carbocycles. The van der Waals surface area contributed by atoms with Crippen molar-refractivity contribution in [3.63, 3.8) is 0 Å². The van der Waals surface area contributed by atoms with Crippen molar-refractivity contribution in [2.24, 2.45) is 17.2 Å². The Morgan fingerprint density at radius 3 is 0.484 bits per heavy atom. The Morgan fingerprint density at radius 2 is 0.374 bits per heavy atom. The largest absolute Gasteiger partial charge is 3.00 e. The molecule has 0 aromatic heterocycles. The van der Waals surface area contributed by atoms with Crippen molar-refractivity contribution in [1.82, 2.24) is 14.7 Å². The molecule has 12 rings (SSSR count). The van der Waals surface area contributed by atoms with E-state index >= 15 is 0 Å². The number of benzene rings is 12. The zero-order chi connectivity index (χ0) is 65.5. The number of rotatable bonds is 3. The molecule has 16 heteroatoms. The second-order valence-electron chi connectivity index (χ2n) is 22.4. The van der Waals surface area contributed by atoms with E-state index in [9.17, 15) is 30.6 Å². The van der Waals surface area contributed by atoms with Crippen molar-refractivity contribution in [2.45, 2.75) is 0 Å². The molecule has 0 aliphatic heterocycles. The molecule has 12 aromatic rings. The fraction of sp³-hybridized carbons (Fsp3) is 0.160. The topological polar surface area (TPSA) is 235 Å². The molecule has 0 heterocycles. The van der Waals surface area contributed by atoms with Crippen LogP contribution < -0.4 is 47.8 Å². The number of hydrogen-bond acceptors (Lipinski definition) is 6. The number of hydrogen-bond donors (Lipinski definition) is 3. The van der Waals surface area contributed by atoms with Crippen LogP contribution in [0.15, 0.2) is 218 Å². The van der Waals surface area contributed by atoms with Crippen molar-refractivity contribution in [3.05, 3.63) is 218 Å². The first kappa shape index (κ1) is 70.0. The summed E-state index contributed by atoms with van der Waals surface area (Å²) in [4.78, 5) is 5.58. The van der Waals surface area contributed by atoms with Gasteiger partial charge in [-0.15, -0.1) is 34.5 Å². The third kappa shape index (κ3) is 16.8. The average molecular weight is 1290 g/mol. The van der Waals surface area contributed by atoms with Gasteiger partial charge in [0.05, 0.1) is 84.6 Å². The van der Waals surface area contributed by atoms with E-state index in [1.807, 2.05) is 259 Å². The van der Waals surface area contributed by atoms with Gasteiger partial charge in [-0.2, -0.15) is 0 Å². The van der Waals surface area contributed by atoms with Crippen molar-refractivity contribution >= 4 is 82.5 Å². The maximum atomic E-state index is 12.5. The molecule has 0 fully saturated rings. The molecule has 6 N–H and O–H groups in total. The molecule has 0 bridgehead atoms. The van der Waals surface area contributed by atoms with Gasteiger partial charge in [0, 0.05) is 0 Å². The molecule has 0 spiro atoms. The fourth-order valence-electron chi connectivity index (χ4n) is 10.3. The molecular formula is C75H78N9O6Y. The van der Waals surface area contributed by atoms with Gasteiger partial charge in [-0.25, -0.2) is 0 Å². The van der Waals surface area contributed by atoms with Gasteiger partial charge in [0.15, 0.2) is 0 Å². The van der Waals surface area contributed by atoms with Crippen LogP contribution in [-0.4, -0.2) is 131 Å². The van der Waals surface area contributed by atoms with Crippen LogP contribution in [0.2, 0.25) is 0 Å². The minimum atomic E-state index is -0.118. The number of fused-ring (bicyclic) bond motifs is 6. The average Bonchev–Trinajstić information content (AvgIpc) is 0.818. The van der Waals surface area contributed by atoms with E-state index in [2.05, 4.69) is 0 Å². The van der Waals surface area contributed by atoms with Crippen LogP contribution in [-0.2, 0) is 32.7 Å². The van der Waals surface area contributed by atoms with Crippen LogP contribution in [0.5, 0.6) is 34.5 Å². The fourth-order valence-corrected chi connectivity index (χ4v) is 10.3. The van der Waals surface area contributed by atoms with Crippen LogP contribution >= 0.6 is 0 Å². The molecule has 0 saturated carbocycles. The summed E-state index contributed by atoms with van der Waals surface area (Å²) in [5, 5.41) is 85.7.